The molecule has 7 nitrogen and oxygen atoms in total. The van der Waals surface area contributed by atoms with E-state index in [0.29, 0.717) is 32.1 Å². The molecule has 0 atom stereocenters. The summed E-state index contributed by atoms with van der Waals surface area (Å²) in [5.74, 6) is 0.358. The fourth-order valence-electron chi connectivity index (χ4n) is 2.18. The van der Waals surface area contributed by atoms with Crippen molar-refractivity contribution in [3.63, 3.8) is 0 Å². The first kappa shape index (κ1) is 16.3. The molecular formula is C15H11BrClN5O2. The van der Waals surface area contributed by atoms with E-state index in [2.05, 4.69) is 30.9 Å². The van der Waals surface area contributed by atoms with Gasteiger partial charge in [-0.15, -0.1) is 0 Å². The molecule has 0 unspecified atom stereocenters. The molecule has 0 spiro atoms. The number of hydrogen-bond acceptors (Lipinski definition) is 5. The third-order valence-corrected chi connectivity index (χ3v) is 4.46. The first-order valence-electron chi connectivity index (χ1n) is 6.69. The SMILES string of the molecule is NC(=O)Oc1cc(-c2ccnc(N)n2)[nH]c1-c1cccc(Br)c1Cl. The number of ether oxygens (including phenoxy) is 1. The second-order valence-corrected chi connectivity index (χ2v) is 5.98. The number of rotatable bonds is 3. The van der Waals surface area contributed by atoms with Crippen molar-refractivity contribution >= 4 is 39.6 Å². The van der Waals surface area contributed by atoms with Crippen molar-refractivity contribution in [3.8, 4) is 28.4 Å². The minimum atomic E-state index is -0.935. The summed E-state index contributed by atoms with van der Waals surface area (Å²) in [5.41, 5.74) is 13.0. The molecule has 1 amide bonds. The van der Waals surface area contributed by atoms with E-state index < -0.39 is 6.09 Å². The van der Waals surface area contributed by atoms with Gasteiger partial charge in [0.1, 0.15) is 0 Å². The molecule has 0 fully saturated rings. The van der Waals surface area contributed by atoms with Crippen LogP contribution < -0.4 is 16.2 Å². The number of benzene rings is 1. The molecule has 0 saturated carbocycles. The summed E-state index contributed by atoms with van der Waals surface area (Å²) < 4.78 is 5.79. The third kappa shape index (κ3) is 3.19. The van der Waals surface area contributed by atoms with Crippen LogP contribution >= 0.6 is 27.5 Å². The van der Waals surface area contributed by atoms with Crippen molar-refractivity contribution in [3.05, 3.63) is 46.0 Å². The summed E-state index contributed by atoms with van der Waals surface area (Å²) in [5, 5.41) is 0.461. The summed E-state index contributed by atoms with van der Waals surface area (Å²) in [4.78, 5) is 22.3. The van der Waals surface area contributed by atoms with E-state index in [1.165, 1.54) is 6.20 Å². The van der Waals surface area contributed by atoms with Gasteiger partial charge in [0.05, 0.1) is 22.1 Å². The van der Waals surface area contributed by atoms with Crippen molar-refractivity contribution < 1.29 is 9.53 Å². The summed E-state index contributed by atoms with van der Waals surface area (Å²) in [7, 11) is 0. The first-order valence-corrected chi connectivity index (χ1v) is 7.86. The van der Waals surface area contributed by atoms with Gasteiger partial charge in [-0.3, -0.25) is 0 Å². The number of nitrogens with zero attached hydrogens (tertiary/aromatic N) is 2. The Kier molecular flexibility index (Phi) is 4.41. The normalized spacial score (nSPS) is 10.6. The minimum absolute atomic E-state index is 0.126. The Hall–Kier alpha value is -2.58. The van der Waals surface area contributed by atoms with Gasteiger partial charge < -0.3 is 21.2 Å². The topological polar surface area (TPSA) is 120 Å². The summed E-state index contributed by atoms with van der Waals surface area (Å²) in [6.07, 6.45) is 0.592. The molecule has 5 N–H and O–H groups in total. The zero-order chi connectivity index (χ0) is 17.3. The predicted molar refractivity (Wildman–Crippen MR) is 94.6 cm³/mol. The zero-order valence-electron chi connectivity index (χ0n) is 12.1. The van der Waals surface area contributed by atoms with E-state index in [0.717, 1.165) is 0 Å². The Morgan fingerprint density at radius 2 is 2.12 bits per heavy atom. The van der Waals surface area contributed by atoms with Crippen LogP contribution in [0.3, 0.4) is 0 Å². The summed E-state index contributed by atoms with van der Waals surface area (Å²) in [6, 6.07) is 8.66. The van der Waals surface area contributed by atoms with Crippen molar-refractivity contribution in [2.75, 3.05) is 5.73 Å². The van der Waals surface area contributed by atoms with Crippen molar-refractivity contribution in [2.24, 2.45) is 5.73 Å². The fraction of sp³-hybridized carbons (Fsp3) is 0. The molecule has 0 saturated heterocycles. The van der Waals surface area contributed by atoms with Gasteiger partial charge >= 0.3 is 6.09 Å². The van der Waals surface area contributed by atoms with Crippen LogP contribution in [0.5, 0.6) is 5.75 Å². The second kappa shape index (κ2) is 6.50. The quantitative estimate of drug-likeness (QED) is 0.611. The van der Waals surface area contributed by atoms with Gasteiger partial charge in [0, 0.05) is 22.3 Å². The predicted octanol–water partition coefficient (Wildman–Crippen LogP) is 3.59. The Bertz CT molecular complexity index is 928. The number of nitrogens with two attached hydrogens (primary N) is 2. The van der Waals surface area contributed by atoms with Gasteiger partial charge in [-0.25, -0.2) is 14.8 Å². The van der Waals surface area contributed by atoms with Gasteiger partial charge in [-0.2, -0.15) is 0 Å². The number of halogens is 2. The highest BCUT2D eigenvalue weighted by Gasteiger charge is 2.18. The Balaban J connectivity index is 2.17. The Morgan fingerprint density at radius 3 is 2.83 bits per heavy atom. The van der Waals surface area contributed by atoms with Crippen LogP contribution in [0, 0.1) is 0 Å². The number of hydrogen-bond donors (Lipinski definition) is 3. The van der Waals surface area contributed by atoms with Gasteiger partial charge in [-0.1, -0.05) is 23.7 Å². The molecular weight excluding hydrogens is 398 g/mol. The lowest BCUT2D eigenvalue weighted by Gasteiger charge is -2.07. The number of primary amides is 1. The van der Waals surface area contributed by atoms with Crippen molar-refractivity contribution in [1.29, 1.82) is 0 Å². The number of aromatic amines is 1. The van der Waals surface area contributed by atoms with E-state index in [9.17, 15) is 4.79 Å². The number of H-pyrrole nitrogens is 1. The van der Waals surface area contributed by atoms with Gasteiger partial charge in [0.2, 0.25) is 5.95 Å². The molecule has 3 rings (SSSR count). The first-order chi connectivity index (χ1) is 11.5. The zero-order valence-corrected chi connectivity index (χ0v) is 14.4. The molecule has 0 bridgehead atoms. The van der Waals surface area contributed by atoms with Crippen molar-refractivity contribution in [2.45, 2.75) is 0 Å². The fourth-order valence-corrected chi connectivity index (χ4v) is 2.77. The highest BCUT2D eigenvalue weighted by molar-refractivity contribution is 9.10. The Morgan fingerprint density at radius 1 is 1.33 bits per heavy atom. The molecule has 0 radical (unpaired) electrons. The largest absolute Gasteiger partial charge is 0.410 e. The number of nitrogen functional groups attached to an aromatic ring is 1. The van der Waals surface area contributed by atoms with E-state index >= 15 is 0 Å². The van der Waals surface area contributed by atoms with Crippen LogP contribution in [0.1, 0.15) is 0 Å². The van der Waals surface area contributed by atoms with E-state index in [-0.39, 0.29) is 11.7 Å². The molecule has 9 heteroatoms. The molecule has 122 valence electrons. The van der Waals surface area contributed by atoms with Crippen LogP contribution in [0.15, 0.2) is 41.0 Å². The number of anilines is 1. The van der Waals surface area contributed by atoms with Crippen molar-refractivity contribution in [1.82, 2.24) is 15.0 Å². The standard InChI is InChI=1S/C15H11BrClN5O2/c16-8-3-1-2-7(12(8)17)13-11(24-15(19)23)6-10(21-13)9-4-5-20-14(18)22-9/h1-6,21H,(H2,19,23)(H2,18,20,22). The third-order valence-electron chi connectivity index (χ3n) is 3.16. The molecule has 2 aromatic heterocycles. The van der Waals surface area contributed by atoms with E-state index in [1.54, 1.807) is 24.3 Å². The number of nitrogens with one attached hydrogen (secondary N) is 1. The lowest BCUT2D eigenvalue weighted by Crippen LogP contribution is -2.16. The number of aromatic nitrogens is 3. The van der Waals surface area contributed by atoms with Gasteiger partial charge in [0.15, 0.2) is 5.75 Å². The van der Waals surface area contributed by atoms with Crippen LogP contribution in [-0.4, -0.2) is 21.0 Å². The number of carbonyl (C=O) groups is 1. The highest BCUT2D eigenvalue weighted by Crippen LogP contribution is 2.40. The lowest BCUT2D eigenvalue weighted by molar-refractivity contribution is 0.211. The monoisotopic (exact) mass is 407 g/mol. The summed E-state index contributed by atoms with van der Waals surface area (Å²) in [6.45, 7) is 0. The maximum absolute atomic E-state index is 11.2. The van der Waals surface area contributed by atoms with Crippen LogP contribution in [0.2, 0.25) is 5.02 Å². The number of carbonyl (C=O) groups excluding carboxylic acids is 1. The van der Waals surface area contributed by atoms with Crippen LogP contribution in [0.4, 0.5) is 10.7 Å². The summed E-state index contributed by atoms with van der Waals surface area (Å²) >= 11 is 9.70. The average molecular weight is 409 g/mol. The lowest BCUT2D eigenvalue weighted by atomic mass is 10.1. The average Bonchev–Trinajstić information content (AvgIpc) is 2.93. The van der Waals surface area contributed by atoms with Crippen LogP contribution in [-0.2, 0) is 0 Å². The minimum Gasteiger partial charge on any atom is -0.408 e. The maximum atomic E-state index is 11.2. The molecule has 0 aliphatic carbocycles. The Labute approximate surface area is 150 Å². The number of amides is 1. The van der Waals surface area contributed by atoms with Gasteiger partial charge in [-0.05, 0) is 28.1 Å². The highest BCUT2D eigenvalue weighted by atomic mass is 79.9. The molecule has 0 aliphatic rings. The van der Waals surface area contributed by atoms with Gasteiger partial charge in [0.25, 0.3) is 0 Å². The molecule has 2 heterocycles. The smallest absolute Gasteiger partial charge is 0.408 e. The molecule has 24 heavy (non-hydrogen) atoms. The molecule has 1 aromatic carbocycles. The molecule has 3 aromatic rings. The van der Waals surface area contributed by atoms with E-state index in [4.69, 9.17) is 27.8 Å². The van der Waals surface area contributed by atoms with E-state index in [1.807, 2.05) is 6.07 Å². The second-order valence-electron chi connectivity index (χ2n) is 4.74. The van der Waals surface area contributed by atoms with Crippen LogP contribution in [0.25, 0.3) is 22.6 Å². The maximum Gasteiger partial charge on any atom is 0.410 e. The molecule has 0 aliphatic heterocycles.